The van der Waals surface area contributed by atoms with E-state index in [1.807, 2.05) is 0 Å². The van der Waals surface area contributed by atoms with Crippen molar-refractivity contribution in [3.63, 3.8) is 0 Å². The van der Waals surface area contributed by atoms with E-state index in [2.05, 4.69) is 44.5 Å². The average molecular weight is 877 g/mol. The standard InChI is InChI=1S/C54H104N2O6/c1-6-10-22-31-49(32-23-11-7-2)40-47-60-52(57)37-28-20-16-14-15-18-26-35-51(62-54(59)39-30-42-56-45-43-55(5)44-46-56)36-27-19-17-21-29-38-53(58)61-48-41-50(33-24-12-8-3)34-25-13-9-4/h49-51H,6-48H2,1-5H3. The van der Waals surface area contributed by atoms with Gasteiger partial charge in [0, 0.05) is 45.4 Å². The summed E-state index contributed by atoms with van der Waals surface area (Å²) in [7, 11) is 2.18. The summed E-state index contributed by atoms with van der Waals surface area (Å²) in [6.45, 7) is 15.6. The first-order chi connectivity index (χ1) is 30.3. The summed E-state index contributed by atoms with van der Waals surface area (Å²) < 4.78 is 17.4. The maximum atomic E-state index is 13.0. The van der Waals surface area contributed by atoms with Gasteiger partial charge in [0.05, 0.1) is 13.2 Å². The van der Waals surface area contributed by atoms with E-state index in [9.17, 15) is 14.4 Å². The molecule has 0 bridgehead atoms. The van der Waals surface area contributed by atoms with Crippen molar-refractivity contribution in [2.75, 3.05) is 53.0 Å². The molecule has 0 N–H and O–H groups in total. The second-order valence-electron chi connectivity index (χ2n) is 19.4. The number of carbonyl (C=O) groups excluding carboxylic acids is 3. The number of hydrogen-bond donors (Lipinski definition) is 0. The third-order valence-electron chi connectivity index (χ3n) is 13.5. The molecule has 1 atom stereocenters. The highest BCUT2D eigenvalue weighted by Gasteiger charge is 2.18. The number of likely N-dealkylation sites (N-methyl/N-ethyl adjacent to an activating group) is 1. The van der Waals surface area contributed by atoms with Crippen molar-refractivity contribution >= 4 is 17.9 Å². The fourth-order valence-corrected chi connectivity index (χ4v) is 9.14. The van der Waals surface area contributed by atoms with Gasteiger partial charge < -0.3 is 24.0 Å². The van der Waals surface area contributed by atoms with Crippen LogP contribution in [0.3, 0.4) is 0 Å². The Kier molecular flexibility index (Phi) is 40.7. The molecule has 1 unspecified atom stereocenters. The number of esters is 3. The van der Waals surface area contributed by atoms with E-state index in [1.54, 1.807) is 0 Å². The van der Waals surface area contributed by atoms with Crippen LogP contribution >= 0.6 is 0 Å². The van der Waals surface area contributed by atoms with Gasteiger partial charge in [-0.15, -0.1) is 0 Å². The molecule has 8 heteroatoms. The Labute approximate surface area is 384 Å². The first-order valence-electron chi connectivity index (χ1n) is 27.2. The van der Waals surface area contributed by atoms with E-state index in [-0.39, 0.29) is 24.0 Å². The van der Waals surface area contributed by atoms with Crippen molar-refractivity contribution in [1.29, 1.82) is 0 Å². The Morgan fingerprint density at radius 2 is 0.758 bits per heavy atom. The zero-order valence-electron chi connectivity index (χ0n) is 42.0. The second-order valence-corrected chi connectivity index (χ2v) is 19.4. The van der Waals surface area contributed by atoms with E-state index in [0.717, 1.165) is 129 Å². The molecule has 1 fully saturated rings. The zero-order chi connectivity index (χ0) is 45.1. The van der Waals surface area contributed by atoms with Crippen LogP contribution in [0, 0.1) is 11.8 Å². The highest BCUT2D eigenvalue weighted by atomic mass is 16.5. The van der Waals surface area contributed by atoms with Gasteiger partial charge in [0.25, 0.3) is 0 Å². The molecule has 0 aliphatic carbocycles. The van der Waals surface area contributed by atoms with Gasteiger partial charge in [0.1, 0.15) is 6.10 Å². The molecule has 1 saturated heterocycles. The molecule has 366 valence electrons. The molecule has 1 aliphatic heterocycles. The average Bonchev–Trinajstić information content (AvgIpc) is 3.26. The SMILES string of the molecule is CCCCCC(CCCCC)CCOC(=O)CCCCCCCCCC(CCCCCCCC(=O)OCCC(CCCCC)CCCCC)OC(=O)CCCN1CCN(C)CC1. The molecule has 1 aliphatic rings. The minimum atomic E-state index is -0.0341. The zero-order valence-corrected chi connectivity index (χ0v) is 42.0. The molecule has 0 amide bonds. The van der Waals surface area contributed by atoms with Crippen molar-refractivity contribution in [3.05, 3.63) is 0 Å². The van der Waals surface area contributed by atoms with Crippen LogP contribution in [0.2, 0.25) is 0 Å². The minimum absolute atomic E-state index is 0.00265. The summed E-state index contributed by atoms with van der Waals surface area (Å²) >= 11 is 0. The first-order valence-corrected chi connectivity index (χ1v) is 27.2. The monoisotopic (exact) mass is 877 g/mol. The van der Waals surface area contributed by atoms with Gasteiger partial charge in [-0.25, -0.2) is 0 Å². The van der Waals surface area contributed by atoms with Crippen LogP contribution in [0.4, 0.5) is 0 Å². The number of unbranched alkanes of at least 4 members (excludes halogenated alkanes) is 18. The molecule has 0 aromatic heterocycles. The fourth-order valence-electron chi connectivity index (χ4n) is 9.14. The number of rotatable bonds is 45. The van der Waals surface area contributed by atoms with Gasteiger partial charge in [-0.05, 0) is 83.2 Å². The molecular weight excluding hydrogens is 773 g/mol. The lowest BCUT2D eigenvalue weighted by Crippen LogP contribution is -2.44. The van der Waals surface area contributed by atoms with Crippen molar-refractivity contribution in [1.82, 2.24) is 9.80 Å². The molecule has 8 nitrogen and oxygen atoms in total. The van der Waals surface area contributed by atoms with Crippen molar-refractivity contribution in [3.8, 4) is 0 Å². The summed E-state index contributed by atoms with van der Waals surface area (Å²) in [4.78, 5) is 42.6. The third-order valence-corrected chi connectivity index (χ3v) is 13.5. The Balaban J connectivity index is 2.31. The highest BCUT2D eigenvalue weighted by molar-refractivity contribution is 5.70. The fraction of sp³-hybridized carbons (Fsp3) is 0.944. The lowest BCUT2D eigenvalue weighted by atomic mass is 9.92. The maximum absolute atomic E-state index is 13.0. The van der Waals surface area contributed by atoms with Gasteiger partial charge in [0.15, 0.2) is 0 Å². The van der Waals surface area contributed by atoms with Crippen molar-refractivity contribution < 1.29 is 28.6 Å². The van der Waals surface area contributed by atoms with Crippen LogP contribution in [0.15, 0.2) is 0 Å². The van der Waals surface area contributed by atoms with Crippen molar-refractivity contribution in [2.45, 2.75) is 265 Å². The summed E-state index contributed by atoms with van der Waals surface area (Å²) in [6, 6.07) is 0. The maximum Gasteiger partial charge on any atom is 0.306 e. The molecule has 0 radical (unpaired) electrons. The summed E-state index contributed by atoms with van der Waals surface area (Å²) in [6.07, 6.45) is 39.9. The summed E-state index contributed by atoms with van der Waals surface area (Å²) in [5, 5.41) is 0. The topological polar surface area (TPSA) is 85.4 Å². The Morgan fingerprint density at radius 3 is 1.16 bits per heavy atom. The first kappa shape index (κ1) is 58.3. The Hall–Kier alpha value is -1.67. The van der Waals surface area contributed by atoms with Crippen LogP contribution < -0.4 is 0 Å². The van der Waals surface area contributed by atoms with E-state index in [1.165, 1.54) is 116 Å². The van der Waals surface area contributed by atoms with E-state index in [4.69, 9.17) is 14.2 Å². The molecule has 0 spiro atoms. The van der Waals surface area contributed by atoms with Gasteiger partial charge >= 0.3 is 17.9 Å². The van der Waals surface area contributed by atoms with Gasteiger partial charge in [-0.3, -0.25) is 14.4 Å². The van der Waals surface area contributed by atoms with Gasteiger partial charge in [-0.2, -0.15) is 0 Å². The Bertz CT molecular complexity index is 997. The predicted octanol–water partition coefficient (Wildman–Crippen LogP) is 14.6. The lowest BCUT2D eigenvalue weighted by molar-refractivity contribution is -0.150. The molecule has 1 heterocycles. The number of hydrogen-bond acceptors (Lipinski definition) is 8. The summed E-state index contributed by atoms with van der Waals surface area (Å²) in [5.74, 6) is 1.31. The quantitative estimate of drug-likeness (QED) is 0.0340. The van der Waals surface area contributed by atoms with Crippen LogP contribution in [-0.4, -0.2) is 86.8 Å². The largest absolute Gasteiger partial charge is 0.466 e. The highest BCUT2D eigenvalue weighted by Crippen LogP contribution is 2.23. The number of ether oxygens (including phenoxy) is 3. The number of carbonyl (C=O) groups is 3. The van der Waals surface area contributed by atoms with Crippen LogP contribution in [0.5, 0.6) is 0 Å². The predicted molar refractivity (Wildman–Crippen MR) is 262 cm³/mol. The molecular formula is C54H104N2O6. The van der Waals surface area contributed by atoms with E-state index in [0.29, 0.717) is 44.3 Å². The number of piperazine rings is 1. The van der Waals surface area contributed by atoms with E-state index >= 15 is 0 Å². The Morgan fingerprint density at radius 1 is 0.403 bits per heavy atom. The van der Waals surface area contributed by atoms with Gasteiger partial charge in [0.2, 0.25) is 0 Å². The molecule has 0 saturated carbocycles. The summed E-state index contributed by atoms with van der Waals surface area (Å²) in [5.41, 5.74) is 0. The molecule has 62 heavy (non-hydrogen) atoms. The smallest absolute Gasteiger partial charge is 0.306 e. The lowest BCUT2D eigenvalue weighted by Gasteiger charge is -2.32. The van der Waals surface area contributed by atoms with Gasteiger partial charge in [-0.1, -0.05) is 182 Å². The third kappa shape index (κ3) is 36.6. The van der Waals surface area contributed by atoms with Crippen molar-refractivity contribution in [2.24, 2.45) is 11.8 Å². The van der Waals surface area contributed by atoms with E-state index < -0.39 is 0 Å². The normalized spacial score (nSPS) is 14.2. The minimum Gasteiger partial charge on any atom is -0.466 e. The van der Waals surface area contributed by atoms with Crippen LogP contribution in [0.1, 0.15) is 259 Å². The van der Waals surface area contributed by atoms with Crippen LogP contribution in [0.25, 0.3) is 0 Å². The van der Waals surface area contributed by atoms with Crippen LogP contribution in [-0.2, 0) is 28.6 Å². The number of nitrogens with zero attached hydrogens (tertiary/aromatic N) is 2. The molecule has 0 aromatic rings. The second kappa shape index (κ2) is 43.2. The molecule has 1 rings (SSSR count). The molecule has 0 aromatic carbocycles.